The van der Waals surface area contributed by atoms with Crippen molar-refractivity contribution < 1.29 is 9.18 Å². The maximum Gasteiger partial charge on any atom is 0.253 e. The lowest BCUT2D eigenvalue weighted by molar-refractivity contribution is 0.0938. The molecule has 20 heavy (non-hydrogen) atoms. The highest BCUT2D eigenvalue weighted by atomic mass is 79.9. The van der Waals surface area contributed by atoms with Crippen molar-refractivity contribution in [2.45, 2.75) is 19.9 Å². The summed E-state index contributed by atoms with van der Waals surface area (Å²) in [6.07, 6.45) is 0. The Balaban J connectivity index is 2.20. The van der Waals surface area contributed by atoms with E-state index in [1.165, 1.54) is 18.2 Å². The van der Waals surface area contributed by atoms with E-state index < -0.39 is 5.82 Å². The quantitative estimate of drug-likeness (QED) is 0.885. The molecule has 0 saturated heterocycles. The minimum Gasteiger partial charge on any atom is -0.345 e. The molecule has 0 bridgehead atoms. The van der Waals surface area contributed by atoms with Gasteiger partial charge in [-0.25, -0.2) is 4.39 Å². The molecular weight excluding hydrogens is 321 g/mol. The number of benzene rings is 2. The van der Waals surface area contributed by atoms with Crippen molar-refractivity contribution >= 4 is 21.8 Å². The summed E-state index contributed by atoms with van der Waals surface area (Å²) in [6.45, 7) is 3.91. The van der Waals surface area contributed by atoms with Gasteiger partial charge in [0.25, 0.3) is 5.91 Å². The molecule has 0 aliphatic rings. The Bertz CT molecular complexity index is 642. The van der Waals surface area contributed by atoms with Gasteiger partial charge < -0.3 is 5.32 Å². The van der Waals surface area contributed by atoms with Crippen LogP contribution in [0.4, 0.5) is 4.39 Å². The van der Waals surface area contributed by atoms with Gasteiger partial charge in [-0.3, -0.25) is 4.79 Å². The van der Waals surface area contributed by atoms with Crippen LogP contribution in [0.1, 0.15) is 34.5 Å². The molecule has 0 radical (unpaired) electrons. The van der Waals surface area contributed by atoms with E-state index in [0.717, 1.165) is 11.1 Å². The maximum atomic E-state index is 13.2. The Morgan fingerprint density at radius 2 is 1.95 bits per heavy atom. The van der Waals surface area contributed by atoms with E-state index in [1.807, 2.05) is 38.1 Å². The third kappa shape index (κ3) is 3.25. The molecule has 1 atom stereocenters. The van der Waals surface area contributed by atoms with E-state index in [4.69, 9.17) is 0 Å². The molecule has 2 aromatic rings. The lowest BCUT2D eigenvalue weighted by Crippen LogP contribution is -2.27. The smallest absolute Gasteiger partial charge is 0.253 e. The maximum absolute atomic E-state index is 13.2. The van der Waals surface area contributed by atoms with Gasteiger partial charge in [-0.2, -0.15) is 0 Å². The van der Waals surface area contributed by atoms with Crippen molar-refractivity contribution in [3.05, 3.63) is 69.4 Å². The summed E-state index contributed by atoms with van der Waals surface area (Å²) in [7, 11) is 0. The van der Waals surface area contributed by atoms with Gasteiger partial charge in [0, 0.05) is 4.47 Å². The molecule has 0 spiro atoms. The van der Waals surface area contributed by atoms with Crippen LogP contribution in [-0.4, -0.2) is 5.91 Å². The van der Waals surface area contributed by atoms with Crippen molar-refractivity contribution in [3.8, 4) is 0 Å². The predicted octanol–water partition coefficient (Wildman–Crippen LogP) is 4.39. The molecule has 0 saturated carbocycles. The molecule has 0 aromatic heterocycles. The van der Waals surface area contributed by atoms with Crippen LogP contribution in [0.3, 0.4) is 0 Å². The average molecular weight is 336 g/mol. The molecule has 1 unspecified atom stereocenters. The Morgan fingerprint density at radius 1 is 1.25 bits per heavy atom. The highest BCUT2D eigenvalue weighted by Crippen LogP contribution is 2.21. The topological polar surface area (TPSA) is 29.1 Å². The Kier molecular flexibility index (Phi) is 4.55. The second-order valence-electron chi connectivity index (χ2n) is 4.68. The number of carbonyl (C=O) groups excluding carboxylic acids is 1. The van der Waals surface area contributed by atoms with Gasteiger partial charge in [0.2, 0.25) is 0 Å². The molecule has 1 amide bonds. The van der Waals surface area contributed by atoms with Crippen LogP contribution >= 0.6 is 15.9 Å². The summed E-state index contributed by atoms with van der Waals surface area (Å²) in [4.78, 5) is 12.2. The van der Waals surface area contributed by atoms with Crippen molar-refractivity contribution in [3.63, 3.8) is 0 Å². The minimum atomic E-state index is -0.429. The second kappa shape index (κ2) is 6.18. The number of hydrogen-bond acceptors (Lipinski definition) is 1. The van der Waals surface area contributed by atoms with Gasteiger partial charge >= 0.3 is 0 Å². The lowest BCUT2D eigenvalue weighted by Gasteiger charge is -2.17. The molecule has 1 N–H and O–H groups in total. The third-order valence-electron chi connectivity index (χ3n) is 3.18. The Morgan fingerprint density at radius 3 is 2.65 bits per heavy atom. The van der Waals surface area contributed by atoms with Crippen LogP contribution in [0.2, 0.25) is 0 Å². The fourth-order valence-corrected chi connectivity index (χ4v) is 2.52. The number of hydrogen-bond donors (Lipinski definition) is 1. The van der Waals surface area contributed by atoms with Crippen molar-refractivity contribution in [2.24, 2.45) is 0 Å². The molecule has 0 aliphatic heterocycles. The van der Waals surface area contributed by atoms with Crippen LogP contribution in [0.25, 0.3) is 0 Å². The molecule has 0 fully saturated rings. The third-order valence-corrected chi connectivity index (χ3v) is 3.87. The SMILES string of the molecule is Cc1ccccc1C(C)NC(=O)c1cc(F)ccc1Br. The van der Waals surface area contributed by atoms with Crippen LogP contribution in [0, 0.1) is 12.7 Å². The highest BCUT2D eigenvalue weighted by molar-refractivity contribution is 9.10. The van der Waals surface area contributed by atoms with Crippen molar-refractivity contribution in [2.75, 3.05) is 0 Å². The van der Waals surface area contributed by atoms with E-state index >= 15 is 0 Å². The average Bonchev–Trinajstić information content (AvgIpc) is 2.41. The van der Waals surface area contributed by atoms with Gasteiger partial charge in [-0.05, 0) is 59.1 Å². The van der Waals surface area contributed by atoms with Crippen LogP contribution in [0.15, 0.2) is 46.9 Å². The molecule has 104 valence electrons. The van der Waals surface area contributed by atoms with E-state index in [9.17, 15) is 9.18 Å². The largest absolute Gasteiger partial charge is 0.345 e. The second-order valence-corrected chi connectivity index (χ2v) is 5.53. The van der Waals surface area contributed by atoms with Crippen LogP contribution in [-0.2, 0) is 0 Å². The fourth-order valence-electron chi connectivity index (χ4n) is 2.10. The van der Waals surface area contributed by atoms with E-state index in [2.05, 4.69) is 21.2 Å². The number of halogens is 2. The molecule has 2 aromatic carbocycles. The molecule has 2 nitrogen and oxygen atoms in total. The molecule has 0 aliphatic carbocycles. The molecule has 2 rings (SSSR count). The molecular formula is C16H15BrFNO. The number of aryl methyl sites for hydroxylation is 1. The van der Waals surface area contributed by atoms with E-state index in [-0.39, 0.29) is 11.9 Å². The minimum absolute atomic E-state index is 0.140. The highest BCUT2D eigenvalue weighted by Gasteiger charge is 2.15. The number of carbonyl (C=O) groups is 1. The normalized spacial score (nSPS) is 12.0. The first-order chi connectivity index (χ1) is 9.49. The van der Waals surface area contributed by atoms with Crippen molar-refractivity contribution in [1.82, 2.24) is 5.32 Å². The van der Waals surface area contributed by atoms with Gasteiger partial charge in [-0.1, -0.05) is 24.3 Å². The summed E-state index contributed by atoms with van der Waals surface area (Å²) in [5, 5.41) is 2.89. The van der Waals surface area contributed by atoms with Crippen LogP contribution in [0.5, 0.6) is 0 Å². The Hall–Kier alpha value is -1.68. The summed E-state index contributed by atoms with van der Waals surface area (Å²) in [5.74, 6) is -0.728. The first-order valence-corrected chi connectivity index (χ1v) is 7.10. The standard InChI is InChI=1S/C16H15BrFNO/c1-10-5-3-4-6-13(10)11(2)19-16(20)14-9-12(18)7-8-15(14)17/h3-9,11H,1-2H3,(H,19,20). The summed E-state index contributed by atoms with van der Waals surface area (Å²) in [5.41, 5.74) is 2.46. The van der Waals surface area contributed by atoms with Gasteiger partial charge in [-0.15, -0.1) is 0 Å². The molecule has 4 heteroatoms. The van der Waals surface area contributed by atoms with Crippen molar-refractivity contribution in [1.29, 1.82) is 0 Å². The number of amides is 1. The van der Waals surface area contributed by atoms with Gasteiger partial charge in [0.1, 0.15) is 5.82 Å². The number of nitrogens with one attached hydrogen (secondary N) is 1. The summed E-state index contributed by atoms with van der Waals surface area (Å²) >= 11 is 3.26. The predicted molar refractivity (Wildman–Crippen MR) is 81.2 cm³/mol. The van der Waals surface area contributed by atoms with Gasteiger partial charge in [0.15, 0.2) is 0 Å². The first kappa shape index (κ1) is 14.7. The monoisotopic (exact) mass is 335 g/mol. The zero-order valence-electron chi connectivity index (χ0n) is 11.3. The van der Waals surface area contributed by atoms with E-state index in [0.29, 0.717) is 10.0 Å². The van der Waals surface area contributed by atoms with Crippen LogP contribution < -0.4 is 5.32 Å². The lowest BCUT2D eigenvalue weighted by atomic mass is 10.0. The number of rotatable bonds is 3. The van der Waals surface area contributed by atoms with Gasteiger partial charge in [0.05, 0.1) is 11.6 Å². The zero-order valence-corrected chi connectivity index (χ0v) is 12.9. The summed E-state index contributed by atoms with van der Waals surface area (Å²) < 4.78 is 13.8. The summed E-state index contributed by atoms with van der Waals surface area (Å²) in [6, 6.07) is 11.8. The Labute approximate surface area is 126 Å². The zero-order chi connectivity index (χ0) is 14.7. The van der Waals surface area contributed by atoms with E-state index in [1.54, 1.807) is 0 Å². The fraction of sp³-hybridized carbons (Fsp3) is 0.188. The first-order valence-electron chi connectivity index (χ1n) is 6.30. The molecule has 0 heterocycles.